The van der Waals surface area contributed by atoms with E-state index in [1.165, 1.54) is 0 Å². The van der Waals surface area contributed by atoms with Crippen LogP contribution in [0.25, 0.3) is 0 Å². The van der Waals surface area contributed by atoms with E-state index >= 15 is 0 Å². The third kappa shape index (κ3) is 3.51. The van der Waals surface area contributed by atoms with Gasteiger partial charge in [0.1, 0.15) is 6.54 Å². The Kier molecular flexibility index (Phi) is 4.65. The number of hydrogen-bond donors (Lipinski definition) is 1. The minimum absolute atomic E-state index is 0.0362. The highest BCUT2D eigenvalue weighted by molar-refractivity contribution is 5.74. The van der Waals surface area contributed by atoms with Crippen LogP contribution in [0.5, 0.6) is 0 Å². The van der Waals surface area contributed by atoms with Crippen LogP contribution < -0.4 is 4.90 Å². The van der Waals surface area contributed by atoms with E-state index < -0.39 is 5.97 Å². The van der Waals surface area contributed by atoms with Gasteiger partial charge in [0.15, 0.2) is 0 Å². The highest BCUT2D eigenvalue weighted by Gasteiger charge is 2.35. The van der Waals surface area contributed by atoms with Gasteiger partial charge >= 0.3 is 5.97 Å². The molecule has 1 saturated heterocycles. The lowest BCUT2D eigenvalue weighted by molar-refractivity contribution is -0.135. The van der Waals surface area contributed by atoms with Crippen LogP contribution in [-0.4, -0.2) is 35.9 Å². The van der Waals surface area contributed by atoms with Crippen molar-refractivity contribution in [2.75, 3.05) is 18.1 Å². The molecule has 1 fully saturated rings. The molecular weight excluding hydrogens is 254 g/mol. The molecule has 1 aromatic carbocycles. The van der Waals surface area contributed by atoms with E-state index in [0.717, 1.165) is 24.9 Å². The van der Waals surface area contributed by atoms with E-state index in [4.69, 9.17) is 4.74 Å². The van der Waals surface area contributed by atoms with E-state index in [-0.39, 0.29) is 18.2 Å². The number of para-hydroxylation sites is 1. The van der Waals surface area contributed by atoms with Gasteiger partial charge in [-0.2, -0.15) is 0 Å². The Bertz CT molecular complexity index is 448. The zero-order valence-corrected chi connectivity index (χ0v) is 12.2. The van der Waals surface area contributed by atoms with Crippen molar-refractivity contribution in [1.29, 1.82) is 0 Å². The summed E-state index contributed by atoms with van der Waals surface area (Å²) in [6, 6.07) is 10.0. The molecule has 0 radical (unpaired) electrons. The van der Waals surface area contributed by atoms with Crippen molar-refractivity contribution in [3.63, 3.8) is 0 Å². The Morgan fingerprint density at radius 1 is 1.45 bits per heavy atom. The van der Waals surface area contributed by atoms with E-state index in [0.29, 0.717) is 6.61 Å². The summed E-state index contributed by atoms with van der Waals surface area (Å²) in [6.45, 7) is 4.96. The van der Waals surface area contributed by atoms with Crippen LogP contribution in [0, 0.1) is 0 Å². The molecule has 1 aliphatic rings. The Morgan fingerprint density at radius 2 is 2.15 bits per heavy atom. The van der Waals surface area contributed by atoms with Gasteiger partial charge in [-0.1, -0.05) is 25.1 Å². The highest BCUT2D eigenvalue weighted by Crippen LogP contribution is 2.32. The van der Waals surface area contributed by atoms with Crippen LogP contribution in [0.1, 0.15) is 33.1 Å². The first-order valence-corrected chi connectivity index (χ1v) is 7.21. The van der Waals surface area contributed by atoms with E-state index in [1.807, 2.05) is 35.2 Å². The number of carboxylic acid groups (broad SMARTS) is 1. The summed E-state index contributed by atoms with van der Waals surface area (Å²) in [5, 5.41) is 9.19. The lowest BCUT2D eigenvalue weighted by Crippen LogP contribution is -2.48. The van der Waals surface area contributed by atoms with Gasteiger partial charge in [-0.3, -0.25) is 4.79 Å². The third-order valence-corrected chi connectivity index (χ3v) is 4.15. The van der Waals surface area contributed by atoms with E-state index in [1.54, 1.807) is 0 Å². The standard InChI is InChI=1S/C16H23NO3/c1-3-16(2)11-14(9-10-20-16)17(12-15(18)19)13-7-5-4-6-8-13/h4-8,14H,3,9-12H2,1-2H3,(H,18,19). The number of ether oxygens (including phenoxy) is 1. The maximum absolute atomic E-state index is 11.2. The zero-order chi connectivity index (χ0) is 14.6. The van der Waals surface area contributed by atoms with Gasteiger partial charge in [0.05, 0.1) is 5.60 Å². The molecule has 0 aliphatic carbocycles. The predicted molar refractivity (Wildman–Crippen MR) is 79.1 cm³/mol. The van der Waals surface area contributed by atoms with Crippen molar-refractivity contribution in [1.82, 2.24) is 0 Å². The van der Waals surface area contributed by atoms with Gasteiger partial charge < -0.3 is 14.7 Å². The lowest BCUT2D eigenvalue weighted by atomic mass is 9.88. The molecule has 0 aromatic heterocycles. The Hall–Kier alpha value is -1.55. The molecule has 1 aromatic rings. The summed E-state index contributed by atoms with van der Waals surface area (Å²) in [7, 11) is 0. The molecule has 0 bridgehead atoms. The van der Waals surface area contributed by atoms with Crippen molar-refractivity contribution in [3.8, 4) is 0 Å². The summed E-state index contributed by atoms with van der Waals surface area (Å²) >= 11 is 0. The van der Waals surface area contributed by atoms with Crippen molar-refractivity contribution >= 4 is 11.7 Å². The number of aliphatic carboxylic acids is 1. The average Bonchev–Trinajstić information content (AvgIpc) is 2.45. The SMILES string of the molecule is CCC1(C)CC(N(CC(=O)O)c2ccccc2)CCO1. The molecule has 1 heterocycles. The molecule has 2 unspecified atom stereocenters. The van der Waals surface area contributed by atoms with Crippen LogP contribution in [0.15, 0.2) is 30.3 Å². The number of carbonyl (C=O) groups is 1. The molecular formula is C16H23NO3. The maximum atomic E-state index is 11.2. The summed E-state index contributed by atoms with van der Waals surface area (Å²) < 4.78 is 5.86. The first kappa shape index (κ1) is 14.9. The molecule has 2 atom stereocenters. The van der Waals surface area contributed by atoms with Gasteiger partial charge in [-0.05, 0) is 38.3 Å². The largest absolute Gasteiger partial charge is 0.480 e. The Labute approximate surface area is 120 Å². The minimum atomic E-state index is -0.793. The van der Waals surface area contributed by atoms with Crippen LogP contribution in [0.2, 0.25) is 0 Å². The number of benzene rings is 1. The van der Waals surface area contributed by atoms with Crippen LogP contribution in [0.3, 0.4) is 0 Å². The monoisotopic (exact) mass is 277 g/mol. The highest BCUT2D eigenvalue weighted by atomic mass is 16.5. The third-order valence-electron chi connectivity index (χ3n) is 4.15. The first-order valence-electron chi connectivity index (χ1n) is 7.21. The van der Waals surface area contributed by atoms with Crippen molar-refractivity contribution in [3.05, 3.63) is 30.3 Å². The first-order chi connectivity index (χ1) is 9.54. The fourth-order valence-corrected chi connectivity index (χ4v) is 2.81. The van der Waals surface area contributed by atoms with Gasteiger partial charge in [-0.15, -0.1) is 0 Å². The quantitative estimate of drug-likeness (QED) is 0.899. The van der Waals surface area contributed by atoms with Crippen molar-refractivity contribution in [2.24, 2.45) is 0 Å². The molecule has 110 valence electrons. The predicted octanol–water partition coefficient (Wildman–Crippen LogP) is 2.93. The maximum Gasteiger partial charge on any atom is 0.323 e. The van der Waals surface area contributed by atoms with Gasteiger partial charge in [-0.25, -0.2) is 0 Å². The number of nitrogens with zero attached hydrogens (tertiary/aromatic N) is 1. The normalized spacial score (nSPS) is 26.2. The van der Waals surface area contributed by atoms with Crippen molar-refractivity contribution in [2.45, 2.75) is 44.8 Å². The smallest absolute Gasteiger partial charge is 0.323 e. The van der Waals surface area contributed by atoms with Crippen LogP contribution in [0.4, 0.5) is 5.69 Å². The average molecular weight is 277 g/mol. The molecule has 0 saturated carbocycles. The fraction of sp³-hybridized carbons (Fsp3) is 0.562. The molecule has 0 spiro atoms. The molecule has 4 heteroatoms. The topological polar surface area (TPSA) is 49.8 Å². The lowest BCUT2D eigenvalue weighted by Gasteiger charge is -2.43. The molecule has 1 aliphatic heterocycles. The zero-order valence-electron chi connectivity index (χ0n) is 12.2. The fourth-order valence-electron chi connectivity index (χ4n) is 2.81. The van der Waals surface area contributed by atoms with Crippen LogP contribution >= 0.6 is 0 Å². The second-order valence-corrected chi connectivity index (χ2v) is 5.66. The molecule has 20 heavy (non-hydrogen) atoms. The molecule has 0 amide bonds. The summed E-state index contributed by atoms with van der Waals surface area (Å²) in [5.41, 5.74) is 0.828. The van der Waals surface area contributed by atoms with Gasteiger partial charge in [0.25, 0.3) is 0 Å². The number of rotatable bonds is 5. The van der Waals surface area contributed by atoms with E-state index in [2.05, 4.69) is 13.8 Å². The second-order valence-electron chi connectivity index (χ2n) is 5.66. The summed E-state index contributed by atoms with van der Waals surface area (Å²) in [4.78, 5) is 13.2. The molecule has 1 N–H and O–H groups in total. The molecule has 2 rings (SSSR count). The number of carboxylic acids is 1. The van der Waals surface area contributed by atoms with Gasteiger partial charge in [0, 0.05) is 18.3 Å². The summed E-state index contributed by atoms with van der Waals surface area (Å²) in [5.74, 6) is -0.793. The number of anilines is 1. The Balaban J connectivity index is 2.20. The Morgan fingerprint density at radius 3 is 2.75 bits per heavy atom. The number of hydrogen-bond acceptors (Lipinski definition) is 3. The van der Waals surface area contributed by atoms with E-state index in [9.17, 15) is 9.90 Å². The van der Waals surface area contributed by atoms with Crippen LogP contribution in [-0.2, 0) is 9.53 Å². The van der Waals surface area contributed by atoms with Gasteiger partial charge in [0.2, 0.25) is 0 Å². The molecule has 4 nitrogen and oxygen atoms in total. The summed E-state index contributed by atoms with van der Waals surface area (Å²) in [6.07, 6.45) is 2.68. The minimum Gasteiger partial charge on any atom is -0.480 e. The van der Waals surface area contributed by atoms with Crippen molar-refractivity contribution < 1.29 is 14.6 Å². The second kappa shape index (κ2) is 6.27.